The van der Waals surface area contributed by atoms with E-state index in [4.69, 9.17) is 5.73 Å². The van der Waals surface area contributed by atoms with Crippen LogP contribution in [0.1, 0.15) is 30.1 Å². The molecule has 0 aliphatic heterocycles. The average Bonchev–Trinajstić information content (AvgIpc) is 2.16. The molecular weight excluding hydrogens is 200 g/mol. The molecular formula is C11H13F2NO. The molecule has 15 heavy (non-hydrogen) atoms. The molecule has 0 saturated heterocycles. The Morgan fingerprint density at radius 1 is 1.33 bits per heavy atom. The van der Waals surface area contributed by atoms with Crippen LogP contribution in [0.15, 0.2) is 18.2 Å². The van der Waals surface area contributed by atoms with Gasteiger partial charge in [-0.15, -0.1) is 0 Å². The molecule has 0 aliphatic rings. The van der Waals surface area contributed by atoms with Gasteiger partial charge in [0.15, 0.2) is 5.78 Å². The Kier molecular flexibility index (Phi) is 3.91. The van der Waals surface area contributed by atoms with Gasteiger partial charge in [-0.25, -0.2) is 8.78 Å². The SMILES string of the molecule is CCC(N)CC(=O)c1cc(F)cc(F)c1. The summed E-state index contributed by atoms with van der Waals surface area (Å²) in [6.07, 6.45) is 0.767. The zero-order chi connectivity index (χ0) is 11.4. The third kappa shape index (κ3) is 3.40. The second-order valence-electron chi connectivity index (χ2n) is 3.45. The summed E-state index contributed by atoms with van der Waals surface area (Å²) in [6, 6.07) is 2.52. The topological polar surface area (TPSA) is 43.1 Å². The normalized spacial score (nSPS) is 12.5. The van der Waals surface area contributed by atoms with E-state index in [0.29, 0.717) is 6.42 Å². The van der Waals surface area contributed by atoms with Gasteiger partial charge in [-0.2, -0.15) is 0 Å². The molecule has 0 heterocycles. The van der Waals surface area contributed by atoms with E-state index in [1.54, 1.807) is 0 Å². The summed E-state index contributed by atoms with van der Waals surface area (Å²) in [5.74, 6) is -1.82. The molecule has 2 N–H and O–H groups in total. The largest absolute Gasteiger partial charge is 0.327 e. The van der Waals surface area contributed by atoms with E-state index in [1.165, 1.54) is 0 Å². The number of ketones is 1. The number of halogens is 2. The highest BCUT2D eigenvalue weighted by molar-refractivity contribution is 5.96. The van der Waals surface area contributed by atoms with E-state index < -0.39 is 11.6 Å². The lowest BCUT2D eigenvalue weighted by atomic mass is 10.0. The van der Waals surface area contributed by atoms with Crippen molar-refractivity contribution in [2.75, 3.05) is 0 Å². The van der Waals surface area contributed by atoms with E-state index >= 15 is 0 Å². The molecule has 1 aromatic carbocycles. The predicted octanol–water partition coefficient (Wildman–Crippen LogP) is 2.27. The van der Waals surface area contributed by atoms with Crippen molar-refractivity contribution in [3.8, 4) is 0 Å². The van der Waals surface area contributed by atoms with Gasteiger partial charge in [-0.3, -0.25) is 4.79 Å². The third-order valence-electron chi connectivity index (χ3n) is 2.16. The lowest BCUT2D eigenvalue weighted by Crippen LogP contribution is -2.22. The summed E-state index contributed by atoms with van der Waals surface area (Å²) in [4.78, 5) is 11.5. The van der Waals surface area contributed by atoms with Gasteiger partial charge < -0.3 is 5.73 Å². The molecule has 4 heteroatoms. The first-order valence-electron chi connectivity index (χ1n) is 4.77. The van der Waals surface area contributed by atoms with Gasteiger partial charge in [0.2, 0.25) is 0 Å². The summed E-state index contributed by atoms with van der Waals surface area (Å²) in [5, 5.41) is 0. The molecule has 0 bridgehead atoms. The van der Waals surface area contributed by atoms with Crippen LogP contribution in [0.3, 0.4) is 0 Å². The monoisotopic (exact) mass is 213 g/mol. The fourth-order valence-corrected chi connectivity index (χ4v) is 1.22. The fraction of sp³-hybridized carbons (Fsp3) is 0.364. The quantitative estimate of drug-likeness (QED) is 0.779. The minimum atomic E-state index is -0.747. The highest BCUT2D eigenvalue weighted by Gasteiger charge is 2.12. The van der Waals surface area contributed by atoms with Crippen LogP contribution in [-0.2, 0) is 0 Å². The van der Waals surface area contributed by atoms with Crippen LogP contribution in [0.25, 0.3) is 0 Å². The van der Waals surface area contributed by atoms with Crippen LogP contribution in [0, 0.1) is 11.6 Å². The Bertz CT molecular complexity index is 345. The minimum absolute atomic E-state index is 0.0383. The molecule has 0 aromatic heterocycles. The second kappa shape index (κ2) is 4.98. The molecule has 82 valence electrons. The van der Waals surface area contributed by atoms with Crippen LogP contribution >= 0.6 is 0 Å². The van der Waals surface area contributed by atoms with E-state index in [9.17, 15) is 13.6 Å². The highest BCUT2D eigenvalue weighted by atomic mass is 19.1. The Hall–Kier alpha value is -1.29. The van der Waals surface area contributed by atoms with Crippen molar-refractivity contribution in [2.45, 2.75) is 25.8 Å². The number of rotatable bonds is 4. The van der Waals surface area contributed by atoms with E-state index in [-0.39, 0.29) is 23.8 Å². The van der Waals surface area contributed by atoms with Gasteiger partial charge in [0.25, 0.3) is 0 Å². The molecule has 1 rings (SSSR count). The maximum atomic E-state index is 12.8. The second-order valence-corrected chi connectivity index (χ2v) is 3.45. The van der Waals surface area contributed by atoms with Gasteiger partial charge in [-0.05, 0) is 18.6 Å². The third-order valence-corrected chi connectivity index (χ3v) is 2.16. The summed E-state index contributed by atoms with van der Waals surface area (Å²) in [6.45, 7) is 1.85. The molecule has 0 saturated carbocycles. The molecule has 0 fully saturated rings. The Labute approximate surface area is 87.1 Å². The van der Waals surface area contributed by atoms with Crippen LogP contribution in [-0.4, -0.2) is 11.8 Å². The highest BCUT2D eigenvalue weighted by Crippen LogP contribution is 2.11. The number of Topliss-reactive ketones (excluding diaryl/α,β-unsaturated/α-hetero) is 1. The number of carbonyl (C=O) groups excluding carboxylic acids is 1. The van der Waals surface area contributed by atoms with Crippen molar-refractivity contribution < 1.29 is 13.6 Å². The van der Waals surface area contributed by atoms with Crippen molar-refractivity contribution >= 4 is 5.78 Å². The zero-order valence-corrected chi connectivity index (χ0v) is 8.47. The zero-order valence-electron chi connectivity index (χ0n) is 8.47. The van der Waals surface area contributed by atoms with Gasteiger partial charge in [-0.1, -0.05) is 6.92 Å². The van der Waals surface area contributed by atoms with E-state index in [2.05, 4.69) is 0 Å². The first-order valence-corrected chi connectivity index (χ1v) is 4.77. The van der Waals surface area contributed by atoms with Gasteiger partial charge in [0.05, 0.1) is 0 Å². The van der Waals surface area contributed by atoms with Crippen molar-refractivity contribution in [1.82, 2.24) is 0 Å². The first-order chi connectivity index (χ1) is 7.02. The van der Waals surface area contributed by atoms with Crippen molar-refractivity contribution in [2.24, 2.45) is 5.73 Å². The maximum Gasteiger partial charge on any atom is 0.164 e. The minimum Gasteiger partial charge on any atom is -0.327 e. The van der Waals surface area contributed by atoms with Gasteiger partial charge in [0.1, 0.15) is 11.6 Å². The molecule has 0 aliphatic carbocycles. The molecule has 0 radical (unpaired) electrons. The van der Waals surface area contributed by atoms with Crippen molar-refractivity contribution in [3.05, 3.63) is 35.4 Å². The van der Waals surface area contributed by atoms with E-state index in [0.717, 1.165) is 18.2 Å². The smallest absolute Gasteiger partial charge is 0.164 e. The molecule has 0 amide bonds. The molecule has 1 aromatic rings. The van der Waals surface area contributed by atoms with Crippen LogP contribution < -0.4 is 5.73 Å². The number of nitrogens with two attached hydrogens (primary N) is 1. The average molecular weight is 213 g/mol. The van der Waals surface area contributed by atoms with Crippen LogP contribution in [0.2, 0.25) is 0 Å². The predicted molar refractivity (Wildman–Crippen MR) is 53.6 cm³/mol. The molecule has 0 spiro atoms. The Morgan fingerprint density at radius 3 is 2.33 bits per heavy atom. The number of hydrogen-bond donors (Lipinski definition) is 1. The van der Waals surface area contributed by atoms with E-state index in [1.807, 2.05) is 6.92 Å². The summed E-state index contributed by atoms with van der Waals surface area (Å²) >= 11 is 0. The van der Waals surface area contributed by atoms with Crippen molar-refractivity contribution in [1.29, 1.82) is 0 Å². The van der Waals surface area contributed by atoms with Crippen LogP contribution in [0.5, 0.6) is 0 Å². The van der Waals surface area contributed by atoms with Gasteiger partial charge >= 0.3 is 0 Å². The lowest BCUT2D eigenvalue weighted by Gasteiger charge is -2.07. The summed E-state index contributed by atoms with van der Waals surface area (Å²) < 4.78 is 25.6. The van der Waals surface area contributed by atoms with Gasteiger partial charge in [0, 0.05) is 24.1 Å². The molecule has 1 unspecified atom stereocenters. The van der Waals surface area contributed by atoms with Crippen molar-refractivity contribution in [3.63, 3.8) is 0 Å². The fourth-order valence-electron chi connectivity index (χ4n) is 1.22. The molecule has 2 nitrogen and oxygen atoms in total. The Balaban J connectivity index is 2.82. The maximum absolute atomic E-state index is 12.8. The Morgan fingerprint density at radius 2 is 1.87 bits per heavy atom. The standard InChI is InChI=1S/C11H13F2NO/c1-2-10(14)6-11(15)7-3-8(12)5-9(13)4-7/h3-5,10H,2,6,14H2,1H3. The lowest BCUT2D eigenvalue weighted by molar-refractivity contribution is 0.0973. The number of benzene rings is 1. The summed E-state index contributed by atoms with van der Waals surface area (Å²) in [7, 11) is 0. The number of hydrogen-bond acceptors (Lipinski definition) is 2. The first kappa shape index (κ1) is 11.8. The number of carbonyl (C=O) groups is 1. The van der Waals surface area contributed by atoms with Crippen LogP contribution in [0.4, 0.5) is 8.78 Å². The summed E-state index contributed by atoms with van der Waals surface area (Å²) in [5.41, 5.74) is 5.62. The molecule has 1 atom stereocenters.